The lowest BCUT2D eigenvalue weighted by Crippen LogP contribution is -2.23. The zero-order valence-electron chi connectivity index (χ0n) is 8.88. The van der Waals surface area contributed by atoms with Gasteiger partial charge in [0.05, 0.1) is 18.1 Å². The molecule has 2 aromatic heterocycles. The fraction of sp³-hybridized carbons (Fsp3) is 0.0833. The molecule has 0 saturated carbocycles. The number of pyridine rings is 1. The van der Waals surface area contributed by atoms with E-state index in [1.54, 1.807) is 24.7 Å². The van der Waals surface area contributed by atoms with E-state index in [9.17, 15) is 4.79 Å². The first kappa shape index (κ1) is 10.9. The van der Waals surface area contributed by atoms with Gasteiger partial charge in [0.2, 0.25) is 0 Å². The van der Waals surface area contributed by atoms with Crippen molar-refractivity contribution in [3.63, 3.8) is 0 Å². The van der Waals surface area contributed by atoms with Gasteiger partial charge in [-0.3, -0.25) is 4.79 Å². The van der Waals surface area contributed by atoms with Gasteiger partial charge in [0.1, 0.15) is 11.8 Å². The van der Waals surface area contributed by atoms with Crippen molar-refractivity contribution >= 4 is 5.91 Å². The van der Waals surface area contributed by atoms with Crippen molar-refractivity contribution in [3.8, 4) is 6.07 Å². The number of nitrogens with zero attached hydrogens (tertiary/aromatic N) is 2. The number of amides is 1. The van der Waals surface area contributed by atoms with Gasteiger partial charge < -0.3 is 9.73 Å². The number of nitrogens with one attached hydrogen (secondary N) is 1. The monoisotopic (exact) mass is 227 g/mol. The topological polar surface area (TPSA) is 78.9 Å². The highest BCUT2D eigenvalue weighted by Crippen LogP contribution is 2.01. The number of carbonyl (C=O) groups excluding carboxylic acids is 1. The predicted molar refractivity (Wildman–Crippen MR) is 58.8 cm³/mol. The number of rotatable bonds is 3. The molecule has 0 saturated heterocycles. The van der Waals surface area contributed by atoms with Crippen LogP contribution in [0.15, 0.2) is 41.3 Å². The van der Waals surface area contributed by atoms with Gasteiger partial charge in [-0.15, -0.1) is 0 Å². The number of carbonyl (C=O) groups is 1. The highest BCUT2D eigenvalue weighted by Gasteiger charge is 2.06. The molecule has 0 aliphatic heterocycles. The molecule has 0 radical (unpaired) electrons. The molecular weight excluding hydrogens is 218 g/mol. The summed E-state index contributed by atoms with van der Waals surface area (Å²) in [5.41, 5.74) is 1.59. The van der Waals surface area contributed by atoms with E-state index in [1.165, 1.54) is 12.3 Å². The first-order valence-corrected chi connectivity index (χ1v) is 4.95. The van der Waals surface area contributed by atoms with E-state index in [1.807, 2.05) is 6.07 Å². The molecule has 2 rings (SSSR count). The average Bonchev–Trinajstić information content (AvgIpc) is 2.89. The highest BCUT2D eigenvalue weighted by atomic mass is 16.3. The number of aromatic nitrogens is 1. The molecule has 5 heteroatoms. The first-order chi connectivity index (χ1) is 8.29. The van der Waals surface area contributed by atoms with E-state index in [0.29, 0.717) is 12.1 Å². The second kappa shape index (κ2) is 4.94. The van der Waals surface area contributed by atoms with Gasteiger partial charge in [0.15, 0.2) is 0 Å². The molecule has 1 N–H and O–H groups in total. The van der Waals surface area contributed by atoms with Crippen molar-refractivity contribution in [1.82, 2.24) is 10.3 Å². The Morgan fingerprint density at radius 1 is 1.47 bits per heavy atom. The summed E-state index contributed by atoms with van der Waals surface area (Å²) < 4.78 is 4.88. The van der Waals surface area contributed by atoms with Gasteiger partial charge >= 0.3 is 0 Å². The van der Waals surface area contributed by atoms with Crippen LogP contribution in [0.4, 0.5) is 0 Å². The second-order valence-corrected chi connectivity index (χ2v) is 3.36. The quantitative estimate of drug-likeness (QED) is 0.861. The van der Waals surface area contributed by atoms with Crippen LogP contribution in [0.5, 0.6) is 0 Å². The molecule has 84 valence electrons. The Labute approximate surface area is 97.7 Å². The average molecular weight is 227 g/mol. The molecule has 0 aliphatic carbocycles. The fourth-order valence-corrected chi connectivity index (χ4v) is 1.26. The largest absolute Gasteiger partial charge is 0.472 e. The third kappa shape index (κ3) is 2.69. The Bertz CT molecular complexity index is 538. The lowest BCUT2D eigenvalue weighted by atomic mass is 10.2. The normalized spacial score (nSPS) is 9.59. The molecule has 5 nitrogen and oxygen atoms in total. The first-order valence-electron chi connectivity index (χ1n) is 4.95. The van der Waals surface area contributed by atoms with Gasteiger partial charge in [0.25, 0.3) is 5.91 Å². The second-order valence-electron chi connectivity index (χ2n) is 3.36. The Morgan fingerprint density at radius 2 is 2.35 bits per heavy atom. The van der Waals surface area contributed by atoms with Crippen LogP contribution in [-0.2, 0) is 6.54 Å². The van der Waals surface area contributed by atoms with Gasteiger partial charge in [0, 0.05) is 18.3 Å². The smallest absolute Gasteiger partial charge is 0.270 e. The maximum absolute atomic E-state index is 11.7. The van der Waals surface area contributed by atoms with Crippen molar-refractivity contribution < 1.29 is 9.21 Å². The summed E-state index contributed by atoms with van der Waals surface area (Å²) in [7, 11) is 0. The number of furan rings is 1. The SMILES string of the molecule is N#Cc1ccc(C(=O)NCc2ccoc2)nc1. The number of hydrogen-bond acceptors (Lipinski definition) is 4. The third-order valence-electron chi connectivity index (χ3n) is 2.16. The molecule has 0 aromatic carbocycles. The molecule has 0 atom stereocenters. The van der Waals surface area contributed by atoms with E-state index in [-0.39, 0.29) is 11.6 Å². The van der Waals surface area contributed by atoms with Crippen LogP contribution in [0, 0.1) is 11.3 Å². The van der Waals surface area contributed by atoms with Crippen LogP contribution < -0.4 is 5.32 Å². The van der Waals surface area contributed by atoms with E-state index >= 15 is 0 Å². The molecule has 0 fully saturated rings. The van der Waals surface area contributed by atoms with E-state index in [2.05, 4.69) is 10.3 Å². The van der Waals surface area contributed by atoms with Crippen molar-refractivity contribution in [2.75, 3.05) is 0 Å². The van der Waals surface area contributed by atoms with E-state index < -0.39 is 0 Å². The van der Waals surface area contributed by atoms with Gasteiger partial charge in [-0.2, -0.15) is 5.26 Å². The lowest BCUT2D eigenvalue weighted by Gasteiger charge is -2.02. The standard InChI is InChI=1S/C12H9N3O2/c13-5-9-1-2-11(14-6-9)12(16)15-7-10-3-4-17-8-10/h1-4,6,8H,7H2,(H,15,16). The zero-order valence-corrected chi connectivity index (χ0v) is 8.88. The highest BCUT2D eigenvalue weighted by molar-refractivity contribution is 5.92. The maximum Gasteiger partial charge on any atom is 0.270 e. The van der Waals surface area contributed by atoms with Gasteiger partial charge in [-0.25, -0.2) is 4.98 Å². The molecule has 2 heterocycles. The fourth-order valence-electron chi connectivity index (χ4n) is 1.26. The van der Waals surface area contributed by atoms with Crippen LogP contribution in [0.1, 0.15) is 21.6 Å². The Kier molecular flexibility index (Phi) is 3.17. The molecule has 0 aliphatic rings. The molecule has 17 heavy (non-hydrogen) atoms. The lowest BCUT2D eigenvalue weighted by molar-refractivity contribution is 0.0946. The zero-order chi connectivity index (χ0) is 12.1. The number of hydrogen-bond donors (Lipinski definition) is 1. The summed E-state index contributed by atoms with van der Waals surface area (Å²) in [5, 5.41) is 11.3. The van der Waals surface area contributed by atoms with E-state index in [0.717, 1.165) is 5.56 Å². The van der Waals surface area contributed by atoms with Gasteiger partial charge in [-0.05, 0) is 18.2 Å². The predicted octanol–water partition coefficient (Wildman–Crippen LogP) is 1.48. The number of nitriles is 1. The van der Waals surface area contributed by atoms with Crippen LogP contribution in [0.2, 0.25) is 0 Å². The van der Waals surface area contributed by atoms with Crippen LogP contribution >= 0.6 is 0 Å². The summed E-state index contributed by atoms with van der Waals surface area (Å²) in [6.07, 6.45) is 4.47. The van der Waals surface area contributed by atoms with Crippen LogP contribution in [0.3, 0.4) is 0 Å². The summed E-state index contributed by atoms with van der Waals surface area (Å²) in [5.74, 6) is -0.282. The summed E-state index contributed by atoms with van der Waals surface area (Å²) in [6, 6.07) is 6.78. The van der Waals surface area contributed by atoms with E-state index in [4.69, 9.17) is 9.68 Å². The minimum atomic E-state index is -0.282. The summed E-state index contributed by atoms with van der Waals surface area (Å²) in [4.78, 5) is 15.5. The van der Waals surface area contributed by atoms with Crippen molar-refractivity contribution in [2.45, 2.75) is 6.54 Å². The summed E-state index contributed by atoms with van der Waals surface area (Å²) >= 11 is 0. The Morgan fingerprint density at radius 3 is 2.94 bits per heavy atom. The molecule has 0 spiro atoms. The van der Waals surface area contributed by atoms with Crippen molar-refractivity contribution in [2.24, 2.45) is 0 Å². The third-order valence-corrected chi connectivity index (χ3v) is 2.16. The van der Waals surface area contributed by atoms with Crippen LogP contribution in [-0.4, -0.2) is 10.9 Å². The minimum absolute atomic E-state index is 0.282. The Hall–Kier alpha value is -2.61. The molecule has 0 unspecified atom stereocenters. The van der Waals surface area contributed by atoms with Crippen LogP contribution in [0.25, 0.3) is 0 Å². The van der Waals surface area contributed by atoms with Crippen molar-refractivity contribution in [1.29, 1.82) is 5.26 Å². The minimum Gasteiger partial charge on any atom is -0.472 e. The molecular formula is C12H9N3O2. The molecule has 2 aromatic rings. The van der Waals surface area contributed by atoms with Gasteiger partial charge in [-0.1, -0.05) is 0 Å². The van der Waals surface area contributed by atoms with Crippen molar-refractivity contribution in [3.05, 3.63) is 53.7 Å². The maximum atomic E-state index is 11.7. The molecule has 0 bridgehead atoms. The molecule has 1 amide bonds. The Balaban J connectivity index is 1.97. The summed E-state index contributed by atoms with van der Waals surface area (Å²) in [6.45, 7) is 0.386.